The summed E-state index contributed by atoms with van der Waals surface area (Å²) in [6.45, 7) is 1.90. The molecule has 0 aromatic heterocycles. The molecule has 0 aliphatic heterocycles. The van der Waals surface area contributed by atoms with Gasteiger partial charge in [0.15, 0.2) is 5.82 Å². The van der Waals surface area contributed by atoms with Crippen molar-refractivity contribution in [1.82, 2.24) is 5.32 Å². The van der Waals surface area contributed by atoms with Crippen molar-refractivity contribution in [3.63, 3.8) is 0 Å². The normalized spacial score (nSPS) is 10.3. The van der Waals surface area contributed by atoms with Gasteiger partial charge in [0.25, 0.3) is 11.8 Å². The Morgan fingerprint density at radius 2 is 1.78 bits per heavy atom. The van der Waals surface area contributed by atoms with Gasteiger partial charge in [-0.25, -0.2) is 8.78 Å². The van der Waals surface area contributed by atoms with Crippen LogP contribution in [-0.2, 0) is 0 Å². The van der Waals surface area contributed by atoms with Gasteiger partial charge in [0, 0.05) is 16.2 Å². The van der Waals surface area contributed by atoms with Crippen molar-refractivity contribution in [2.75, 3.05) is 12.4 Å². The quantitative estimate of drug-likeness (QED) is 0.733. The summed E-state index contributed by atoms with van der Waals surface area (Å²) in [4.78, 5) is 23.7. The number of carbonyl (C=O) groups is 2. The minimum absolute atomic E-state index is 0.259. The van der Waals surface area contributed by atoms with Crippen LogP contribution in [0.4, 0.5) is 14.5 Å². The zero-order valence-electron chi connectivity index (χ0n) is 12.3. The highest BCUT2D eigenvalue weighted by Gasteiger charge is 2.21. The Balaban J connectivity index is 2.34. The smallest absolute Gasteiger partial charge is 0.257 e. The molecule has 0 unspecified atom stereocenters. The van der Waals surface area contributed by atoms with Crippen molar-refractivity contribution < 1.29 is 18.4 Å². The van der Waals surface area contributed by atoms with Gasteiger partial charge < -0.3 is 10.6 Å². The molecule has 0 aliphatic carbocycles. The van der Waals surface area contributed by atoms with Crippen molar-refractivity contribution in [3.05, 3.63) is 62.2 Å². The van der Waals surface area contributed by atoms with E-state index >= 15 is 0 Å². The predicted octanol–water partition coefficient (Wildman–Crippen LogP) is 3.49. The first-order valence-electron chi connectivity index (χ1n) is 6.62. The van der Waals surface area contributed by atoms with Gasteiger partial charge in [0.1, 0.15) is 11.4 Å². The Kier molecular flexibility index (Phi) is 5.30. The van der Waals surface area contributed by atoms with Gasteiger partial charge in [-0.2, -0.15) is 0 Å². The summed E-state index contributed by atoms with van der Waals surface area (Å²) in [6.07, 6.45) is 0. The fraction of sp³-hybridized carbons (Fsp3) is 0.125. The Labute approximate surface area is 145 Å². The maximum Gasteiger partial charge on any atom is 0.257 e. The molecule has 0 fully saturated rings. The zero-order chi connectivity index (χ0) is 17.1. The Hall–Kier alpha value is -2.03. The molecule has 2 amide bonds. The highest BCUT2D eigenvalue weighted by molar-refractivity contribution is 14.1. The van der Waals surface area contributed by atoms with Gasteiger partial charge in [0.2, 0.25) is 0 Å². The lowest BCUT2D eigenvalue weighted by Gasteiger charge is -2.11. The molecule has 0 atom stereocenters. The van der Waals surface area contributed by atoms with Crippen LogP contribution in [0.5, 0.6) is 0 Å². The fourth-order valence-corrected chi connectivity index (χ4v) is 2.43. The molecule has 2 aromatic carbocycles. The van der Waals surface area contributed by atoms with Crippen LogP contribution in [0.3, 0.4) is 0 Å². The van der Waals surface area contributed by atoms with Crippen LogP contribution in [0.1, 0.15) is 26.3 Å². The number of anilines is 1. The first kappa shape index (κ1) is 17.3. The first-order chi connectivity index (χ1) is 10.8. The van der Waals surface area contributed by atoms with E-state index in [1.165, 1.54) is 7.05 Å². The van der Waals surface area contributed by atoms with Crippen LogP contribution < -0.4 is 10.6 Å². The number of nitrogens with one attached hydrogen (secondary N) is 2. The molecule has 120 valence electrons. The number of hydrogen-bond acceptors (Lipinski definition) is 2. The van der Waals surface area contributed by atoms with Gasteiger partial charge in [-0.05, 0) is 59.3 Å². The predicted molar refractivity (Wildman–Crippen MR) is 91.6 cm³/mol. The van der Waals surface area contributed by atoms with E-state index in [1.54, 1.807) is 18.2 Å². The van der Waals surface area contributed by atoms with Crippen molar-refractivity contribution in [1.29, 1.82) is 0 Å². The molecule has 23 heavy (non-hydrogen) atoms. The van der Waals surface area contributed by atoms with Crippen molar-refractivity contribution in [2.45, 2.75) is 6.92 Å². The van der Waals surface area contributed by atoms with Crippen molar-refractivity contribution in [3.8, 4) is 0 Å². The topological polar surface area (TPSA) is 58.2 Å². The largest absolute Gasteiger partial charge is 0.355 e. The van der Waals surface area contributed by atoms with Crippen LogP contribution >= 0.6 is 22.6 Å². The van der Waals surface area contributed by atoms with E-state index in [1.807, 2.05) is 6.92 Å². The van der Waals surface area contributed by atoms with Gasteiger partial charge in [0.05, 0.1) is 5.69 Å². The molecule has 0 saturated heterocycles. The van der Waals surface area contributed by atoms with E-state index in [9.17, 15) is 18.4 Å². The van der Waals surface area contributed by atoms with Crippen LogP contribution in [0, 0.1) is 22.1 Å². The Morgan fingerprint density at radius 3 is 2.39 bits per heavy atom. The molecule has 0 bridgehead atoms. The lowest BCUT2D eigenvalue weighted by atomic mass is 10.1. The fourth-order valence-electron chi connectivity index (χ4n) is 1.91. The first-order valence-corrected chi connectivity index (χ1v) is 7.70. The maximum absolute atomic E-state index is 14.3. The second kappa shape index (κ2) is 7.03. The average Bonchev–Trinajstić information content (AvgIpc) is 2.52. The Morgan fingerprint density at radius 1 is 1.09 bits per heavy atom. The molecule has 0 heterocycles. The van der Waals surface area contributed by atoms with E-state index in [2.05, 4.69) is 33.2 Å². The molecular formula is C16H13F2IN2O2. The third kappa shape index (κ3) is 3.66. The van der Waals surface area contributed by atoms with Gasteiger partial charge >= 0.3 is 0 Å². The van der Waals surface area contributed by atoms with Crippen molar-refractivity contribution in [2.24, 2.45) is 0 Å². The average molecular weight is 430 g/mol. The molecule has 7 heteroatoms. The van der Waals surface area contributed by atoms with E-state index in [-0.39, 0.29) is 5.69 Å². The molecule has 0 aliphatic rings. The summed E-state index contributed by atoms with van der Waals surface area (Å²) in [5.74, 6) is -3.55. The third-order valence-electron chi connectivity index (χ3n) is 3.23. The monoisotopic (exact) mass is 430 g/mol. The zero-order valence-corrected chi connectivity index (χ0v) is 14.5. The highest BCUT2D eigenvalue weighted by Crippen LogP contribution is 2.22. The van der Waals surface area contributed by atoms with E-state index in [4.69, 9.17) is 0 Å². The summed E-state index contributed by atoms with van der Waals surface area (Å²) in [5, 5.41) is 4.51. The number of carbonyl (C=O) groups excluding carboxylic acids is 2. The van der Waals surface area contributed by atoms with Gasteiger partial charge in [-0.3, -0.25) is 9.59 Å². The van der Waals surface area contributed by atoms with Crippen molar-refractivity contribution >= 4 is 40.1 Å². The number of benzene rings is 2. The molecule has 0 spiro atoms. The minimum Gasteiger partial charge on any atom is -0.355 e. The highest BCUT2D eigenvalue weighted by atomic mass is 127. The second-order valence-corrected chi connectivity index (χ2v) is 5.94. The number of amides is 2. The van der Waals surface area contributed by atoms with Gasteiger partial charge in [-0.1, -0.05) is 6.07 Å². The van der Waals surface area contributed by atoms with Gasteiger partial charge in [-0.15, -0.1) is 0 Å². The maximum atomic E-state index is 14.3. The molecule has 2 rings (SSSR count). The third-order valence-corrected chi connectivity index (χ3v) is 4.39. The lowest BCUT2D eigenvalue weighted by molar-refractivity contribution is 0.0952. The summed E-state index contributed by atoms with van der Waals surface area (Å²) in [6, 6.07) is 7.05. The summed E-state index contributed by atoms with van der Waals surface area (Å²) in [5.41, 5.74) is 0.358. The lowest BCUT2D eigenvalue weighted by Crippen LogP contribution is -2.22. The number of rotatable bonds is 3. The van der Waals surface area contributed by atoms with Crippen LogP contribution in [0.2, 0.25) is 0 Å². The number of aryl methyl sites for hydroxylation is 1. The molecule has 2 N–H and O–H groups in total. The van der Waals surface area contributed by atoms with E-state index in [0.717, 1.165) is 21.3 Å². The van der Waals surface area contributed by atoms with E-state index < -0.39 is 29.0 Å². The Bertz CT molecular complexity index is 794. The minimum atomic E-state index is -1.11. The number of hydrogen-bond donors (Lipinski definition) is 2. The molecule has 2 aromatic rings. The SMILES string of the molecule is CNC(=O)c1c(F)ccc(NC(=O)c2ccc(C)c(I)c2)c1F. The summed E-state index contributed by atoms with van der Waals surface area (Å²) in [7, 11) is 1.26. The molecule has 0 saturated carbocycles. The van der Waals surface area contributed by atoms with Crippen LogP contribution in [0.15, 0.2) is 30.3 Å². The second-order valence-electron chi connectivity index (χ2n) is 4.78. The standard InChI is InChI=1S/C16H13F2IN2O2/c1-8-3-4-9(7-11(8)19)15(22)21-12-6-5-10(17)13(14(12)18)16(23)20-2/h3-7H,1-2H3,(H,20,23)(H,21,22). The summed E-state index contributed by atoms with van der Waals surface area (Å²) >= 11 is 2.09. The van der Waals surface area contributed by atoms with Crippen LogP contribution in [-0.4, -0.2) is 18.9 Å². The summed E-state index contributed by atoms with van der Waals surface area (Å²) < 4.78 is 28.8. The molecule has 4 nitrogen and oxygen atoms in total. The molecule has 0 radical (unpaired) electrons. The van der Waals surface area contributed by atoms with Crippen LogP contribution in [0.25, 0.3) is 0 Å². The van der Waals surface area contributed by atoms with E-state index in [0.29, 0.717) is 5.56 Å². The molecular weight excluding hydrogens is 417 g/mol. The number of halogens is 3.